The highest BCUT2D eigenvalue weighted by atomic mass is 16.5. The van der Waals surface area contributed by atoms with Crippen molar-refractivity contribution in [2.24, 2.45) is 0 Å². The molecule has 0 aliphatic carbocycles. The second-order valence-electron chi connectivity index (χ2n) is 6.00. The SMILES string of the molecule is COc1ccc(CNC(=O)CCc2cc(OC)c(OC)c(OC)c2)cc1OC. The van der Waals surface area contributed by atoms with Crippen LogP contribution in [0.15, 0.2) is 30.3 Å². The van der Waals surface area contributed by atoms with Crippen LogP contribution in [-0.2, 0) is 17.8 Å². The molecule has 28 heavy (non-hydrogen) atoms. The minimum absolute atomic E-state index is 0.0523. The first-order chi connectivity index (χ1) is 13.6. The highest BCUT2D eigenvalue weighted by molar-refractivity contribution is 5.76. The van der Waals surface area contributed by atoms with Gasteiger partial charge in [0.2, 0.25) is 11.7 Å². The lowest BCUT2D eigenvalue weighted by Gasteiger charge is -2.14. The van der Waals surface area contributed by atoms with Crippen molar-refractivity contribution in [3.05, 3.63) is 41.5 Å². The Morgan fingerprint density at radius 2 is 1.32 bits per heavy atom. The lowest BCUT2D eigenvalue weighted by Crippen LogP contribution is -2.23. The summed E-state index contributed by atoms with van der Waals surface area (Å²) in [5.41, 5.74) is 1.86. The monoisotopic (exact) mass is 389 g/mol. The lowest BCUT2D eigenvalue weighted by atomic mass is 10.1. The first-order valence-corrected chi connectivity index (χ1v) is 8.82. The Morgan fingerprint density at radius 3 is 1.86 bits per heavy atom. The van der Waals surface area contributed by atoms with Crippen LogP contribution in [0.5, 0.6) is 28.7 Å². The Kier molecular flexibility index (Phi) is 7.80. The molecule has 2 rings (SSSR count). The zero-order valence-electron chi connectivity index (χ0n) is 17.0. The molecule has 0 saturated carbocycles. The predicted octanol–water partition coefficient (Wildman–Crippen LogP) is 2.98. The third-order valence-electron chi connectivity index (χ3n) is 4.30. The van der Waals surface area contributed by atoms with Crippen molar-refractivity contribution in [1.29, 1.82) is 0 Å². The van der Waals surface area contributed by atoms with Crippen LogP contribution < -0.4 is 29.0 Å². The van der Waals surface area contributed by atoms with Gasteiger partial charge in [0.1, 0.15) is 0 Å². The van der Waals surface area contributed by atoms with E-state index in [0.29, 0.717) is 48.1 Å². The topological polar surface area (TPSA) is 75.3 Å². The molecule has 0 aliphatic heterocycles. The number of carbonyl (C=O) groups excluding carboxylic acids is 1. The fraction of sp³-hybridized carbons (Fsp3) is 0.381. The molecule has 0 aromatic heterocycles. The molecule has 0 atom stereocenters. The van der Waals surface area contributed by atoms with Crippen molar-refractivity contribution in [3.8, 4) is 28.7 Å². The maximum atomic E-state index is 12.2. The van der Waals surface area contributed by atoms with Crippen molar-refractivity contribution in [3.63, 3.8) is 0 Å². The molecule has 152 valence electrons. The Hall–Kier alpha value is -3.09. The van der Waals surface area contributed by atoms with Crippen molar-refractivity contribution < 1.29 is 28.5 Å². The summed E-state index contributed by atoms with van der Waals surface area (Å²) in [5, 5.41) is 2.92. The van der Waals surface area contributed by atoms with Gasteiger partial charge < -0.3 is 29.0 Å². The Morgan fingerprint density at radius 1 is 0.750 bits per heavy atom. The number of hydrogen-bond acceptors (Lipinski definition) is 6. The molecule has 2 aromatic carbocycles. The van der Waals surface area contributed by atoms with Gasteiger partial charge >= 0.3 is 0 Å². The number of nitrogens with one attached hydrogen (secondary N) is 1. The van der Waals surface area contributed by atoms with Gasteiger partial charge in [-0.3, -0.25) is 4.79 Å². The van der Waals surface area contributed by atoms with E-state index < -0.39 is 0 Å². The van der Waals surface area contributed by atoms with E-state index in [4.69, 9.17) is 23.7 Å². The fourth-order valence-electron chi connectivity index (χ4n) is 2.82. The summed E-state index contributed by atoms with van der Waals surface area (Å²) in [7, 11) is 7.86. The van der Waals surface area contributed by atoms with Gasteiger partial charge in [0.15, 0.2) is 23.0 Å². The molecular weight excluding hydrogens is 362 g/mol. The zero-order chi connectivity index (χ0) is 20.5. The summed E-state index contributed by atoms with van der Waals surface area (Å²) >= 11 is 0. The van der Waals surface area contributed by atoms with Crippen LogP contribution in [-0.4, -0.2) is 41.5 Å². The Balaban J connectivity index is 1.96. The van der Waals surface area contributed by atoms with Gasteiger partial charge in [0.25, 0.3) is 0 Å². The molecule has 0 aliphatic rings. The first kappa shape index (κ1) is 21.2. The van der Waals surface area contributed by atoms with Crippen LogP contribution in [0.3, 0.4) is 0 Å². The molecule has 0 saturated heterocycles. The van der Waals surface area contributed by atoms with Crippen molar-refractivity contribution in [1.82, 2.24) is 5.32 Å². The molecule has 1 N–H and O–H groups in total. The molecule has 0 spiro atoms. The van der Waals surface area contributed by atoms with Gasteiger partial charge in [-0.1, -0.05) is 6.07 Å². The van der Waals surface area contributed by atoms with E-state index in [0.717, 1.165) is 11.1 Å². The number of ether oxygens (including phenoxy) is 5. The van der Waals surface area contributed by atoms with E-state index in [1.807, 2.05) is 30.3 Å². The molecule has 0 heterocycles. The maximum absolute atomic E-state index is 12.2. The Bertz CT molecular complexity index is 780. The molecule has 7 nitrogen and oxygen atoms in total. The van der Waals surface area contributed by atoms with Crippen molar-refractivity contribution >= 4 is 5.91 Å². The van der Waals surface area contributed by atoms with Crippen LogP contribution in [0.25, 0.3) is 0 Å². The normalized spacial score (nSPS) is 10.2. The number of benzene rings is 2. The molecule has 7 heteroatoms. The minimum Gasteiger partial charge on any atom is -0.493 e. The van der Waals surface area contributed by atoms with E-state index in [1.54, 1.807) is 35.5 Å². The van der Waals surface area contributed by atoms with Crippen molar-refractivity contribution in [2.45, 2.75) is 19.4 Å². The number of hydrogen-bond donors (Lipinski definition) is 1. The largest absolute Gasteiger partial charge is 0.493 e. The predicted molar refractivity (Wildman–Crippen MR) is 106 cm³/mol. The first-order valence-electron chi connectivity index (χ1n) is 8.82. The van der Waals surface area contributed by atoms with Crippen LogP contribution in [0.1, 0.15) is 17.5 Å². The summed E-state index contributed by atoms with van der Waals surface area (Å²) in [6.07, 6.45) is 0.889. The average Bonchev–Trinajstić information content (AvgIpc) is 2.74. The highest BCUT2D eigenvalue weighted by Gasteiger charge is 2.14. The minimum atomic E-state index is -0.0523. The van der Waals surface area contributed by atoms with Crippen molar-refractivity contribution in [2.75, 3.05) is 35.5 Å². The summed E-state index contributed by atoms with van der Waals surface area (Å²) in [6.45, 7) is 0.411. The second kappa shape index (κ2) is 10.3. The quantitative estimate of drug-likeness (QED) is 0.673. The number of amides is 1. The smallest absolute Gasteiger partial charge is 0.220 e. The number of carbonyl (C=O) groups is 1. The Labute approximate surface area is 165 Å². The van der Waals surface area contributed by atoms with Crippen LogP contribution >= 0.6 is 0 Å². The third-order valence-corrected chi connectivity index (χ3v) is 4.30. The molecule has 1 amide bonds. The van der Waals surface area contributed by atoms with Gasteiger partial charge in [-0.05, 0) is 41.8 Å². The number of rotatable bonds is 10. The average molecular weight is 389 g/mol. The molecule has 0 radical (unpaired) electrons. The maximum Gasteiger partial charge on any atom is 0.220 e. The van der Waals surface area contributed by atoms with E-state index in [2.05, 4.69) is 5.32 Å². The van der Waals surface area contributed by atoms with Crippen LogP contribution in [0, 0.1) is 0 Å². The van der Waals surface area contributed by atoms with Gasteiger partial charge in [0.05, 0.1) is 35.5 Å². The third kappa shape index (κ3) is 5.22. The van der Waals surface area contributed by atoms with Gasteiger partial charge in [-0.2, -0.15) is 0 Å². The summed E-state index contributed by atoms with van der Waals surface area (Å²) in [6, 6.07) is 9.25. The van der Waals surface area contributed by atoms with Crippen LogP contribution in [0.2, 0.25) is 0 Å². The van der Waals surface area contributed by atoms with Crippen LogP contribution in [0.4, 0.5) is 0 Å². The highest BCUT2D eigenvalue weighted by Crippen LogP contribution is 2.38. The molecule has 0 bridgehead atoms. The standard InChI is InChI=1S/C21H27NO6/c1-24-16-8-6-15(12-17(16)25-2)13-22-20(23)9-7-14-10-18(26-3)21(28-5)19(11-14)27-4/h6,8,10-12H,7,9,13H2,1-5H3,(H,22,23). The van der Waals surface area contributed by atoms with Gasteiger partial charge in [-0.25, -0.2) is 0 Å². The lowest BCUT2D eigenvalue weighted by molar-refractivity contribution is -0.121. The summed E-state index contributed by atoms with van der Waals surface area (Å²) in [4.78, 5) is 12.2. The van der Waals surface area contributed by atoms with E-state index >= 15 is 0 Å². The molecule has 0 unspecified atom stereocenters. The van der Waals surface area contributed by atoms with Gasteiger partial charge in [0, 0.05) is 13.0 Å². The number of aryl methyl sites for hydroxylation is 1. The van der Waals surface area contributed by atoms with E-state index in [1.165, 1.54) is 0 Å². The van der Waals surface area contributed by atoms with E-state index in [-0.39, 0.29) is 5.91 Å². The summed E-state index contributed by atoms with van der Waals surface area (Å²) in [5.74, 6) is 2.91. The second-order valence-corrected chi connectivity index (χ2v) is 6.00. The zero-order valence-corrected chi connectivity index (χ0v) is 17.0. The summed E-state index contributed by atoms with van der Waals surface area (Å²) < 4.78 is 26.5. The molecular formula is C21H27NO6. The van der Waals surface area contributed by atoms with E-state index in [9.17, 15) is 4.79 Å². The number of methoxy groups -OCH3 is 5. The molecule has 0 fully saturated rings. The van der Waals surface area contributed by atoms with Gasteiger partial charge in [-0.15, -0.1) is 0 Å². The molecule has 2 aromatic rings. The fourth-order valence-corrected chi connectivity index (χ4v) is 2.82.